The van der Waals surface area contributed by atoms with Crippen molar-refractivity contribution in [1.29, 1.82) is 0 Å². The number of aliphatic hydroxyl groups excluding tert-OH is 1. The van der Waals surface area contributed by atoms with Crippen molar-refractivity contribution in [2.45, 2.75) is 13.3 Å². The van der Waals surface area contributed by atoms with Crippen molar-refractivity contribution in [2.75, 3.05) is 18.5 Å². The molecule has 10 heteroatoms. The summed E-state index contributed by atoms with van der Waals surface area (Å²) in [5.41, 5.74) is 2.84. The average Bonchev–Trinajstić information content (AvgIpc) is 2.73. The smallest absolute Gasteiger partial charge is 0.280 e. The summed E-state index contributed by atoms with van der Waals surface area (Å²) in [5.74, 6) is -1.15. The molecule has 0 spiro atoms. The molecule has 0 saturated heterocycles. The summed E-state index contributed by atoms with van der Waals surface area (Å²) < 4.78 is 16.4. The van der Waals surface area contributed by atoms with Gasteiger partial charge in [0.15, 0.2) is 0 Å². The Morgan fingerprint density at radius 3 is 2.77 bits per heavy atom. The minimum atomic E-state index is -0.682. The molecular formula is C20H20FIN4O4. The normalized spacial score (nSPS) is 11.0. The fraction of sp³-hybridized carbons (Fsp3) is 0.250. The van der Waals surface area contributed by atoms with Gasteiger partial charge in [0.05, 0.1) is 29.8 Å². The predicted molar refractivity (Wildman–Crippen MR) is 119 cm³/mol. The maximum absolute atomic E-state index is 14.5. The van der Waals surface area contributed by atoms with Crippen molar-refractivity contribution in [2.24, 2.45) is 7.05 Å². The van der Waals surface area contributed by atoms with Crippen LogP contribution in [0, 0.1) is 9.39 Å². The molecule has 0 saturated carbocycles. The zero-order valence-corrected chi connectivity index (χ0v) is 18.5. The van der Waals surface area contributed by atoms with Crippen LogP contribution in [0.4, 0.5) is 15.9 Å². The van der Waals surface area contributed by atoms with Gasteiger partial charge in [0.25, 0.3) is 11.5 Å². The number of carbonyl (C=O) groups is 1. The van der Waals surface area contributed by atoms with Crippen LogP contribution in [0.1, 0.15) is 23.0 Å². The third-order valence-electron chi connectivity index (χ3n) is 4.43. The molecule has 1 amide bonds. The maximum Gasteiger partial charge on any atom is 0.280 e. The molecule has 0 aliphatic heterocycles. The number of pyridine rings is 2. The van der Waals surface area contributed by atoms with Crippen LogP contribution >= 0.6 is 22.6 Å². The first-order chi connectivity index (χ1) is 14.4. The SMILES string of the molecule is CCc1ccc2c(=O)n(C)c(Nc3ccc(I)cc3F)c(C(=O)NOCCO)c2n1. The molecule has 158 valence electrons. The number of aryl methyl sites for hydroxylation is 1. The Morgan fingerprint density at radius 1 is 1.33 bits per heavy atom. The van der Waals surface area contributed by atoms with E-state index in [0.717, 1.165) is 0 Å². The molecule has 3 rings (SSSR count). The van der Waals surface area contributed by atoms with E-state index >= 15 is 0 Å². The highest BCUT2D eigenvalue weighted by Crippen LogP contribution is 2.27. The van der Waals surface area contributed by atoms with Gasteiger partial charge in [-0.15, -0.1) is 0 Å². The van der Waals surface area contributed by atoms with Gasteiger partial charge in [0.1, 0.15) is 17.2 Å². The number of fused-ring (bicyclic) bond motifs is 1. The summed E-state index contributed by atoms with van der Waals surface area (Å²) >= 11 is 1.99. The molecular weight excluding hydrogens is 506 g/mol. The molecule has 1 aromatic carbocycles. The van der Waals surface area contributed by atoms with Gasteiger partial charge in [0, 0.05) is 16.3 Å². The number of nitrogens with one attached hydrogen (secondary N) is 2. The quantitative estimate of drug-likeness (QED) is 0.249. The fourth-order valence-corrected chi connectivity index (χ4v) is 3.37. The number of hydrogen-bond donors (Lipinski definition) is 3. The second-order valence-electron chi connectivity index (χ2n) is 6.39. The summed E-state index contributed by atoms with van der Waals surface area (Å²) in [4.78, 5) is 35.3. The molecule has 0 unspecified atom stereocenters. The largest absolute Gasteiger partial charge is 0.394 e. The number of amides is 1. The van der Waals surface area contributed by atoms with Gasteiger partial charge >= 0.3 is 0 Å². The number of anilines is 2. The Morgan fingerprint density at radius 2 is 2.10 bits per heavy atom. The Hall–Kier alpha value is -2.57. The highest BCUT2D eigenvalue weighted by Gasteiger charge is 2.23. The van der Waals surface area contributed by atoms with E-state index in [4.69, 9.17) is 9.94 Å². The lowest BCUT2D eigenvalue weighted by Gasteiger charge is -2.18. The van der Waals surface area contributed by atoms with Gasteiger partial charge in [0.2, 0.25) is 0 Å². The zero-order valence-electron chi connectivity index (χ0n) is 16.3. The third kappa shape index (κ3) is 4.45. The Kier molecular flexibility index (Phi) is 7.00. The van der Waals surface area contributed by atoms with Gasteiger partial charge in [-0.2, -0.15) is 0 Å². The molecule has 2 heterocycles. The highest BCUT2D eigenvalue weighted by molar-refractivity contribution is 14.1. The number of carbonyl (C=O) groups excluding carboxylic acids is 1. The van der Waals surface area contributed by atoms with Gasteiger partial charge in [-0.05, 0) is 59.3 Å². The number of hydrogen-bond acceptors (Lipinski definition) is 6. The molecule has 2 aromatic heterocycles. The van der Waals surface area contributed by atoms with Crippen LogP contribution < -0.4 is 16.4 Å². The lowest BCUT2D eigenvalue weighted by Crippen LogP contribution is -2.30. The van der Waals surface area contributed by atoms with Gasteiger partial charge in [-0.1, -0.05) is 6.92 Å². The first-order valence-corrected chi connectivity index (χ1v) is 10.2. The first kappa shape index (κ1) is 22.1. The van der Waals surface area contributed by atoms with Crippen LogP contribution in [0.3, 0.4) is 0 Å². The molecule has 30 heavy (non-hydrogen) atoms. The molecule has 3 aromatic rings. The van der Waals surface area contributed by atoms with Crippen LogP contribution in [0.25, 0.3) is 10.9 Å². The highest BCUT2D eigenvalue weighted by atomic mass is 127. The van der Waals surface area contributed by atoms with Gasteiger partial charge in [-0.3, -0.25) is 24.0 Å². The minimum absolute atomic E-state index is 0.0262. The lowest BCUT2D eigenvalue weighted by atomic mass is 10.1. The molecule has 0 bridgehead atoms. The fourth-order valence-electron chi connectivity index (χ4n) is 2.91. The molecule has 0 aliphatic rings. The van der Waals surface area contributed by atoms with Crippen molar-refractivity contribution in [3.8, 4) is 0 Å². The average molecular weight is 526 g/mol. The topological polar surface area (TPSA) is 105 Å². The van der Waals surface area contributed by atoms with Crippen LogP contribution in [-0.2, 0) is 18.3 Å². The van der Waals surface area contributed by atoms with Crippen molar-refractivity contribution >= 4 is 50.9 Å². The van der Waals surface area contributed by atoms with Crippen molar-refractivity contribution in [3.63, 3.8) is 0 Å². The number of aliphatic hydroxyl groups is 1. The van der Waals surface area contributed by atoms with Crippen molar-refractivity contribution in [3.05, 3.63) is 61.3 Å². The van der Waals surface area contributed by atoms with E-state index in [2.05, 4.69) is 15.8 Å². The summed E-state index contributed by atoms with van der Waals surface area (Å²) in [6.07, 6.45) is 0.599. The van der Waals surface area contributed by atoms with E-state index in [1.54, 1.807) is 18.2 Å². The molecule has 0 aliphatic carbocycles. The number of nitrogens with zero attached hydrogens (tertiary/aromatic N) is 2. The summed E-state index contributed by atoms with van der Waals surface area (Å²) in [6.45, 7) is 1.50. The number of benzene rings is 1. The van der Waals surface area contributed by atoms with Crippen LogP contribution in [0.5, 0.6) is 0 Å². The standard InChI is InChI=1S/C20H20FIN4O4/c1-3-12-5-6-13-17(23-12)16(19(28)25-30-9-8-27)18(26(2)20(13)29)24-15-7-4-11(22)10-14(15)21/h4-7,10,24,27H,3,8-9H2,1-2H3,(H,25,28). The van der Waals surface area contributed by atoms with E-state index in [1.165, 1.54) is 23.7 Å². The minimum Gasteiger partial charge on any atom is -0.394 e. The predicted octanol–water partition coefficient (Wildman–Crippen LogP) is 2.64. The number of halogens is 2. The third-order valence-corrected chi connectivity index (χ3v) is 5.10. The van der Waals surface area contributed by atoms with Crippen molar-refractivity contribution < 1.29 is 19.1 Å². The number of rotatable bonds is 7. The Balaban J connectivity index is 2.24. The molecule has 3 N–H and O–H groups in total. The molecule has 0 radical (unpaired) electrons. The van der Waals surface area contributed by atoms with E-state index in [0.29, 0.717) is 15.7 Å². The monoisotopic (exact) mass is 526 g/mol. The second-order valence-corrected chi connectivity index (χ2v) is 7.64. The van der Waals surface area contributed by atoms with Gasteiger partial charge < -0.3 is 10.4 Å². The second kappa shape index (κ2) is 9.49. The molecule has 0 fully saturated rings. The van der Waals surface area contributed by atoms with Gasteiger partial charge in [-0.25, -0.2) is 9.87 Å². The molecule has 0 atom stereocenters. The lowest BCUT2D eigenvalue weighted by molar-refractivity contribution is 0.0169. The van der Waals surface area contributed by atoms with E-state index in [9.17, 15) is 14.0 Å². The van der Waals surface area contributed by atoms with E-state index < -0.39 is 11.7 Å². The van der Waals surface area contributed by atoms with E-state index in [1.807, 2.05) is 29.5 Å². The van der Waals surface area contributed by atoms with Crippen LogP contribution in [0.2, 0.25) is 0 Å². The Labute approximate surface area is 185 Å². The zero-order chi connectivity index (χ0) is 21.8. The van der Waals surface area contributed by atoms with E-state index in [-0.39, 0.29) is 46.7 Å². The van der Waals surface area contributed by atoms with Crippen molar-refractivity contribution in [1.82, 2.24) is 15.0 Å². The molecule has 8 nitrogen and oxygen atoms in total. The van der Waals surface area contributed by atoms with Crippen LogP contribution in [-0.4, -0.2) is 33.8 Å². The summed E-state index contributed by atoms with van der Waals surface area (Å²) in [5, 5.41) is 12.0. The first-order valence-electron chi connectivity index (χ1n) is 9.15. The summed E-state index contributed by atoms with van der Waals surface area (Å²) in [6, 6.07) is 7.89. The number of hydroxylamine groups is 1. The summed E-state index contributed by atoms with van der Waals surface area (Å²) in [7, 11) is 1.48. The number of aromatic nitrogens is 2. The van der Waals surface area contributed by atoms with Crippen LogP contribution in [0.15, 0.2) is 35.1 Å². The maximum atomic E-state index is 14.5. The Bertz CT molecular complexity index is 1170.